The van der Waals surface area contributed by atoms with Crippen LogP contribution in [0, 0.1) is 5.92 Å². The average Bonchev–Trinajstić information content (AvgIpc) is 2.48. The Morgan fingerprint density at radius 2 is 2.05 bits per heavy atom. The first-order valence-electron chi connectivity index (χ1n) is 7.32. The van der Waals surface area contributed by atoms with Crippen molar-refractivity contribution >= 4 is 36.5 Å². The number of piperidine rings is 1. The Labute approximate surface area is 144 Å². The highest BCUT2D eigenvalue weighted by Crippen LogP contribution is 2.21. The first-order valence-corrected chi connectivity index (χ1v) is 7.32. The van der Waals surface area contributed by atoms with Crippen molar-refractivity contribution in [3.63, 3.8) is 0 Å². The number of aromatic nitrogens is 1. The van der Waals surface area contributed by atoms with Crippen LogP contribution in [0.3, 0.4) is 0 Å². The van der Waals surface area contributed by atoms with Crippen LogP contribution < -0.4 is 16.0 Å². The van der Waals surface area contributed by atoms with Crippen molar-refractivity contribution in [2.75, 3.05) is 24.5 Å². The summed E-state index contributed by atoms with van der Waals surface area (Å²) in [5.41, 5.74) is 6.08. The molecular formula is C15H26Cl2N4O. The van der Waals surface area contributed by atoms with Crippen molar-refractivity contribution in [3.8, 4) is 0 Å². The molecule has 126 valence electrons. The van der Waals surface area contributed by atoms with Gasteiger partial charge in [0.05, 0.1) is 5.56 Å². The maximum absolute atomic E-state index is 11.9. The molecule has 1 amide bonds. The summed E-state index contributed by atoms with van der Waals surface area (Å²) in [6.45, 7) is 6.70. The number of amides is 1. The monoisotopic (exact) mass is 348 g/mol. The van der Waals surface area contributed by atoms with E-state index in [-0.39, 0.29) is 36.8 Å². The number of halogens is 2. The lowest BCUT2D eigenvalue weighted by Crippen LogP contribution is -2.38. The molecule has 1 aliphatic rings. The molecule has 5 nitrogen and oxygen atoms in total. The Balaban J connectivity index is 0.00000220. The van der Waals surface area contributed by atoms with Gasteiger partial charge in [-0.05, 0) is 37.8 Å². The molecule has 0 unspecified atom stereocenters. The standard InChI is InChI=1S/C15H24N4O.2ClH/c1-11-5-7-19(8-6-11)14-4-3-13(10-17-14)15(20)18-12(2)9-16;;/h3-4,10-12H,5-9,16H2,1-2H3,(H,18,20);2*1H/t12-;;/m0../s1. The van der Waals surface area contributed by atoms with E-state index in [9.17, 15) is 4.79 Å². The highest BCUT2D eigenvalue weighted by molar-refractivity contribution is 5.94. The van der Waals surface area contributed by atoms with Crippen molar-refractivity contribution in [2.24, 2.45) is 11.7 Å². The molecule has 1 atom stereocenters. The summed E-state index contributed by atoms with van der Waals surface area (Å²) >= 11 is 0. The number of rotatable bonds is 4. The Bertz CT molecular complexity index is 447. The summed E-state index contributed by atoms with van der Waals surface area (Å²) in [4.78, 5) is 18.6. The summed E-state index contributed by atoms with van der Waals surface area (Å²) in [7, 11) is 0. The summed E-state index contributed by atoms with van der Waals surface area (Å²) in [5.74, 6) is 1.64. The molecule has 1 saturated heterocycles. The minimum absolute atomic E-state index is 0. The van der Waals surface area contributed by atoms with E-state index in [0.29, 0.717) is 12.1 Å². The Kier molecular flexibility index (Phi) is 9.41. The van der Waals surface area contributed by atoms with E-state index >= 15 is 0 Å². The maximum Gasteiger partial charge on any atom is 0.253 e. The molecule has 0 aromatic carbocycles. The third-order valence-electron chi connectivity index (χ3n) is 3.85. The largest absolute Gasteiger partial charge is 0.357 e. The molecule has 22 heavy (non-hydrogen) atoms. The number of hydrogen-bond acceptors (Lipinski definition) is 4. The van der Waals surface area contributed by atoms with Crippen molar-refractivity contribution in [1.82, 2.24) is 10.3 Å². The molecule has 0 bridgehead atoms. The van der Waals surface area contributed by atoms with Gasteiger partial charge < -0.3 is 16.0 Å². The molecule has 1 fully saturated rings. The topological polar surface area (TPSA) is 71.2 Å². The molecule has 0 spiro atoms. The van der Waals surface area contributed by atoms with Crippen molar-refractivity contribution in [2.45, 2.75) is 32.7 Å². The van der Waals surface area contributed by atoms with Gasteiger partial charge in [0.25, 0.3) is 5.91 Å². The minimum atomic E-state index is -0.116. The van der Waals surface area contributed by atoms with Crippen LogP contribution >= 0.6 is 24.8 Å². The second-order valence-corrected chi connectivity index (χ2v) is 5.68. The maximum atomic E-state index is 11.9. The van der Waals surface area contributed by atoms with Crippen molar-refractivity contribution in [3.05, 3.63) is 23.9 Å². The zero-order valence-corrected chi connectivity index (χ0v) is 14.8. The van der Waals surface area contributed by atoms with Gasteiger partial charge in [-0.2, -0.15) is 0 Å². The minimum Gasteiger partial charge on any atom is -0.357 e. The molecule has 1 aromatic heterocycles. The van der Waals surface area contributed by atoms with E-state index in [0.717, 1.165) is 24.8 Å². The van der Waals surface area contributed by atoms with Gasteiger partial charge in [-0.15, -0.1) is 24.8 Å². The van der Waals surface area contributed by atoms with Crippen LogP contribution in [-0.4, -0.2) is 36.6 Å². The molecule has 1 aliphatic heterocycles. The number of nitrogens with one attached hydrogen (secondary N) is 1. The normalized spacial score (nSPS) is 16.2. The number of carbonyl (C=O) groups excluding carboxylic acids is 1. The fourth-order valence-electron chi connectivity index (χ4n) is 2.31. The second-order valence-electron chi connectivity index (χ2n) is 5.68. The predicted octanol–water partition coefficient (Wildman–Crippen LogP) is 2.24. The van der Waals surface area contributed by atoms with Crippen LogP contribution in [0.4, 0.5) is 5.82 Å². The number of anilines is 1. The lowest BCUT2D eigenvalue weighted by atomic mass is 9.99. The summed E-state index contributed by atoms with van der Waals surface area (Å²) < 4.78 is 0. The number of pyridine rings is 1. The Hall–Kier alpha value is -1.04. The van der Waals surface area contributed by atoms with E-state index in [1.165, 1.54) is 12.8 Å². The first kappa shape index (κ1) is 21.0. The summed E-state index contributed by atoms with van der Waals surface area (Å²) in [5, 5.41) is 2.83. The third-order valence-corrected chi connectivity index (χ3v) is 3.85. The third kappa shape index (κ3) is 5.63. The SMILES string of the molecule is CC1CCN(c2ccc(C(=O)N[C@@H](C)CN)cn2)CC1.Cl.Cl. The van der Waals surface area contributed by atoms with Gasteiger partial charge in [0.15, 0.2) is 0 Å². The summed E-state index contributed by atoms with van der Waals surface area (Å²) in [6, 6.07) is 3.74. The van der Waals surface area contributed by atoms with Crippen LogP contribution in [0.15, 0.2) is 18.3 Å². The zero-order chi connectivity index (χ0) is 14.5. The number of hydrogen-bond donors (Lipinski definition) is 2. The van der Waals surface area contributed by atoms with Gasteiger partial charge in [-0.3, -0.25) is 4.79 Å². The molecule has 7 heteroatoms. The van der Waals surface area contributed by atoms with Gasteiger partial charge >= 0.3 is 0 Å². The molecule has 3 N–H and O–H groups in total. The van der Waals surface area contributed by atoms with E-state index < -0.39 is 0 Å². The lowest BCUT2D eigenvalue weighted by Gasteiger charge is -2.31. The Morgan fingerprint density at radius 3 is 2.55 bits per heavy atom. The van der Waals surface area contributed by atoms with Gasteiger partial charge in [-0.25, -0.2) is 4.98 Å². The average molecular weight is 349 g/mol. The molecule has 2 heterocycles. The fraction of sp³-hybridized carbons (Fsp3) is 0.600. The highest BCUT2D eigenvalue weighted by atomic mass is 35.5. The molecule has 2 rings (SSSR count). The molecule has 0 radical (unpaired) electrons. The van der Waals surface area contributed by atoms with Gasteiger partial charge in [0.1, 0.15) is 5.82 Å². The van der Waals surface area contributed by atoms with Gasteiger partial charge in [-0.1, -0.05) is 6.92 Å². The number of nitrogens with zero attached hydrogens (tertiary/aromatic N) is 2. The second kappa shape index (κ2) is 9.87. The molecular weight excluding hydrogens is 323 g/mol. The van der Waals surface area contributed by atoms with E-state index in [1.807, 2.05) is 19.1 Å². The van der Waals surface area contributed by atoms with Crippen LogP contribution in [0.1, 0.15) is 37.0 Å². The van der Waals surface area contributed by atoms with E-state index in [1.54, 1.807) is 6.20 Å². The Morgan fingerprint density at radius 1 is 1.41 bits per heavy atom. The molecule has 0 aliphatic carbocycles. The fourth-order valence-corrected chi connectivity index (χ4v) is 2.31. The zero-order valence-electron chi connectivity index (χ0n) is 13.1. The van der Waals surface area contributed by atoms with E-state index in [2.05, 4.69) is 22.1 Å². The van der Waals surface area contributed by atoms with Crippen LogP contribution in [0.5, 0.6) is 0 Å². The highest BCUT2D eigenvalue weighted by Gasteiger charge is 2.17. The van der Waals surface area contributed by atoms with Crippen molar-refractivity contribution < 1.29 is 4.79 Å². The van der Waals surface area contributed by atoms with E-state index in [4.69, 9.17) is 5.73 Å². The first-order chi connectivity index (χ1) is 9.60. The van der Waals surface area contributed by atoms with Crippen molar-refractivity contribution in [1.29, 1.82) is 0 Å². The summed E-state index contributed by atoms with van der Waals surface area (Å²) in [6.07, 6.45) is 4.06. The predicted molar refractivity (Wildman–Crippen MR) is 95.3 cm³/mol. The van der Waals surface area contributed by atoms with Crippen LogP contribution in [-0.2, 0) is 0 Å². The van der Waals surface area contributed by atoms with Gasteiger partial charge in [0, 0.05) is 31.9 Å². The lowest BCUT2D eigenvalue weighted by molar-refractivity contribution is 0.0941. The number of nitrogens with two attached hydrogens (primary N) is 1. The number of carbonyl (C=O) groups is 1. The van der Waals surface area contributed by atoms with Crippen LogP contribution in [0.25, 0.3) is 0 Å². The van der Waals surface area contributed by atoms with Gasteiger partial charge in [0.2, 0.25) is 0 Å². The quantitative estimate of drug-likeness (QED) is 0.875. The molecule has 1 aromatic rings. The molecule has 0 saturated carbocycles. The van der Waals surface area contributed by atoms with Crippen LogP contribution in [0.2, 0.25) is 0 Å². The smallest absolute Gasteiger partial charge is 0.253 e.